The molecule has 0 aliphatic carbocycles. The summed E-state index contributed by atoms with van der Waals surface area (Å²) in [5.41, 5.74) is 5.32. The largest absolute Gasteiger partial charge is 0.341 e. The Bertz CT molecular complexity index is 1470. The number of aryl methyl sites for hydroxylation is 1. The van der Waals surface area contributed by atoms with E-state index in [9.17, 15) is 9.59 Å². The fraction of sp³-hybridized carbons (Fsp3) is 0.0625. The van der Waals surface area contributed by atoms with E-state index in [0.717, 1.165) is 39.5 Å². The molecule has 3 heteroatoms. The maximum absolute atomic E-state index is 12.9. The second kappa shape index (κ2) is 9.78. The van der Waals surface area contributed by atoms with Crippen LogP contribution in [-0.2, 0) is 6.54 Å². The molecule has 0 fully saturated rings. The Kier molecular flexibility index (Phi) is 6.23. The first-order valence-corrected chi connectivity index (χ1v) is 11.7. The van der Waals surface area contributed by atoms with Crippen LogP contribution in [0.15, 0.2) is 109 Å². The molecule has 0 radical (unpaired) electrons. The highest BCUT2D eigenvalue weighted by atomic mass is 16.1. The molecule has 0 N–H and O–H groups in total. The Morgan fingerprint density at radius 1 is 0.629 bits per heavy atom. The van der Waals surface area contributed by atoms with Crippen molar-refractivity contribution in [3.05, 3.63) is 131 Å². The van der Waals surface area contributed by atoms with Gasteiger partial charge in [-0.05, 0) is 66.6 Å². The van der Waals surface area contributed by atoms with Crippen LogP contribution in [0, 0.1) is 0 Å². The van der Waals surface area contributed by atoms with Gasteiger partial charge in [-0.2, -0.15) is 0 Å². The van der Waals surface area contributed by atoms with Gasteiger partial charge in [0.25, 0.3) is 0 Å². The molecule has 0 aliphatic rings. The molecule has 35 heavy (non-hydrogen) atoms. The number of rotatable bonds is 7. The van der Waals surface area contributed by atoms with E-state index in [1.54, 1.807) is 12.2 Å². The summed E-state index contributed by atoms with van der Waals surface area (Å²) in [6, 6.07) is 31.2. The van der Waals surface area contributed by atoms with Crippen molar-refractivity contribution in [3.63, 3.8) is 0 Å². The lowest BCUT2D eigenvalue weighted by molar-refractivity contribution is 0.104. The molecule has 170 valence electrons. The van der Waals surface area contributed by atoms with Crippen molar-refractivity contribution in [2.45, 2.75) is 13.5 Å². The van der Waals surface area contributed by atoms with E-state index < -0.39 is 0 Å². The van der Waals surface area contributed by atoms with Crippen molar-refractivity contribution in [1.82, 2.24) is 4.57 Å². The average molecular weight is 456 g/mol. The standard InChI is InChI=1S/C32H25NO2/c1-2-33-29-17-15-25(31(34)19-13-23-9-5-3-6-10-23)21-27(29)28-22-26(16-18-30(28)33)32(35)20-14-24-11-7-4-8-12-24/h3-22H,2H2,1H3/b19-13+,20-14+. The van der Waals surface area contributed by atoms with Crippen LogP contribution >= 0.6 is 0 Å². The normalized spacial score (nSPS) is 11.7. The van der Waals surface area contributed by atoms with Crippen LogP contribution in [0.2, 0.25) is 0 Å². The molecule has 0 saturated heterocycles. The minimum atomic E-state index is -0.0498. The lowest BCUT2D eigenvalue weighted by atomic mass is 10.0. The summed E-state index contributed by atoms with van der Waals surface area (Å²) in [5, 5.41) is 1.95. The van der Waals surface area contributed by atoms with Gasteiger partial charge in [-0.1, -0.05) is 72.8 Å². The molecule has 5 aromatic rings. The summed E-state index contributed by atoms with van der Waals surface area (Å²) in [7, 11) is 0. The summed E-state index contributed by atoms with van der Waals surface area (Å²) in [5.74, 6) is -0.0997. The number of ketones is 2. The van der Waals surface area contributed by atoms with Gasteiger partial charge in [0, 0.05) is 39.5 Å². The van der Waals surface area contributed by atoms with Crippen molar-refractivity contribution in [2.24, 2.45) is 0 Å². The molecular formula is C32H25NO2. The van der Waals surface area contributed by atoms with Gasteiger partial charge in [0.15, 0.2) is 11.6 Å². The number of hydrogen-bond acceptors (Lipinski definition) is 2. The summed E-state index contributed by atoms with van der Waals surface area (Å²) in [6.07, 6.45) is 6.88. The number of benzene rings is 4. The predicted octanol–water partition coefficient (Wildman–Crippen LogP) is 7.61. The van der Waals surface area contributed by atoms with Crippen LogP contribution in [0.5, 0.6) is 0 Å². The van der Waals surface area contributed by atoms with Crippen LogP contribution in [-0.4, -0.2) is 16.1 Å². The molecule has 5 rings (SSSR count). The second-order valence-electron chi connectivity index (χ2n) is 8.42. The van der Waals surface area contributed by atoms with E-state index in [1.807, 2.05) is 109 Å². The zero-order valence-electron chi connectivity index (χ0n) is 19.5. The van der Waals surface area contributed by atoms with Crippen molar-refractivity contribution < 1.29 is 9.59 Å². The summed E-state index contributed by atoms with van der Waals surface area (Å²) in [6.45, 7) is 2.89. The summed E-state index contributed by atoms with van der Waals surface area (Å²) < 4.78 is 2.22. The fourth-order valence-electron chi connectivity index (χ4n) is 4.42. The molecule has 0 saturated carbocycles. The first kappa shape index (κ1) is 22.3. The maximum atomic E-state index is 12.9. The maximum Gasteiger partial charge on any atom is 0.185 e. The minimum Gasteiger partial charge on any atom is -0.341 e. The molecule has 1 heterocycles. The van der Waals surface area contributed by atoms with E-state index in [0.29, 0.717) is 11.1 Å². The topological polar surface area (TPSA) is 39.1 Å². The van der Waals surface area contributed by atoms with Gasteiger partial charge in [0.2, 0.25) is 0 Å². The third-order valence-electron chi connectivity index (χ3n) is 6.20. The van der Waals surface area contributed by atoms with Gasteiger partial charge >= 0.3 is 0 Å². The smallest absolute Gasteiger partial charge is 0.185 e. The summed E-state index contributed by atoms with van der Waals surface area (Å²) in [4.78, 5) is 25.8. The van der Waals surface area contributed by atoms with Gasteiger partial charge < -0.3 is 4.57 Å². The van der Waals surface area contributed by atoms with E-state index in [-0.39, 0.29) is 11.6 Å². The molecule has 0 unspecified atom stereocenters. The molecule has 4 aromatic carbocycles. The van der Waals surface area contributed by atoms with Gasteiger partial charge in [0.1, 0.15) is 0 Å². The Labute approximate surface area is 204 Å². The van der Waals surface area contributed by atoms with Crippen molar-refractivity contribution >= 4 is 45.5 Å². The summed E-state index contributed by atoms with van der Waals surface area (Å²) >= 11 is 0. The molecular weight excluding hydrogens is 430 g/mol. The number of carbonyl (C=O) groups excluding carboxylic acids is 2. The van der Waals surface area contributed by atoms with E-state index >= 15 is 0 Å². The van der Waals surface area contributed by atoms with Gasteiger partial charge in [-0.3, -0.25) is 9.59 Å². The molecule has 0 atom stereocenters. The van der Waals surface area contributed by atoms with Gasteiger partial charge in [0.05, 0.1) is 0 Å². The number of fused-ring (bicyclic) bond motifs is 3. The van der Waals surface area contributed by atoms with E-state index in [2.05, 4.69) is 11.5 Å². The van der Waals surface area contributed by atoms with Crippen LogP contribution in [0.1, 0.15) is 38.8 Å². The SMILES string of the molecule is CCn1c2ccc(C(=O)/C=C/c3ccccc3)cc2c2cc(C(=O)/C=C/c3ccccc3)ccc21. The Balaban J connectivity index is 1.52. The van der Waals surface area contributed by atoms with E-state index in [1.165, 1.54) is 0 Å². The minimum absolute atomic E-state index is 0.0498. The quantitative estimate of drug-likeness (QED) is 0.187. The molecule has 0 spiro atoms. The number of hydrogen-bond donors (Lipinski definition) is 0. The third-order valence-corrected chi connectivity index (χ3v) is 6.20. The first-order chi connectivity index (χ1) is 17.1. The Morgan fingerprint density at radius 3 is 1.46 bits per heavy atom. The molecule has 0 bridgehead atoms. The van der Waals surface area contributed by atoms with Crippen LogP contribution in [0.4, 0.5) is 0 Å². The van der Waals surface area contributed by atoms with Gasteiger partial charge in [-0.25, -0.2) is 0 Å². The van der Waals surface area contributed by atoms with Crippen LogP contribution < -0.4 is 0 Å². The van der Waals surface area contributed by atoms with Crippen molar-refractivity contribution in [1.29, 1.82) is 0 Å². The van der Waals surface area contributed by atoms with Crippen LogP contribution in [0.25, 0.3) is 34.0 Å². The Morgan fingerprint density at radius 2 is 1.06 bits per heavy atom. The monoisotopic (exact) mass is 455 g/mol. The number of carbonyl (C=O) groups is 2. The second-order valence-corrected chi connectivity index (χ2v) is 8.42. The van der Waals surface area contributed by atoms with Gasteiger partial charge in [-0.15, -0.1) is 0 Å². The fourth-order valence-corrected chi connectivity index (χ4v) is 4.42. The molecule has 0 aliphatic heterocycles. The van der Waals surface area contributed by atoms with Crippen molar-refractivity contribution in [3.8, 4) is 0 Å². The third kappa shape index (κ3) is 4.62. The van der Waals surface area contributed by atoms with Crippen LogP contribution in [0.3, 0.4) is 0 Å². The Hall–Kier alpha value is -4.50. The number of allylic oxidation sites excluding steroid dienone is 2. The molecule has 3 nitrogen and oxygen atoms in total. The predicted molar refractivity (Wildman–Crippen MR) is 145 cm³/mol. The average Bonchev–Trinajstić information content (AvgIpc) is 3.23. The highest BCUT2D eigenvalue weighted by Crippen LogP contribution is 2.31. The van der Waals surface area contributed by atoms with E-state index in [4.69, 9.17) is 0 Å². The highest BCUT2D eigenvalue weighted by molar-refractivity contribution is 6.16. The van der Waals surface area contributed by atoms with Crippen molar-refractivity contribution in [2.75, 3.05) is 0 Å². The lowest BCUT2D eigenvalue weighted by Gasteiger charge is -2.03. The highest BCUT2D eigenvalue weighted by Gasteiger charge is 2.14. The zero-order chi connectivity index (χ0) is 24.2. The molecule has 0 amide bonds. The number of aromatic nitrogens is 1. The zero-order valence-corrected chi connectivity index (χ0v) is 19.5. The number of nitrogens with zero attached hydrogens (tertiary/aromatic N) is 1. The molecule has 1 aromatic heterocycles. The lowest BCUT2D eigenvalue weighted by Crippen LogP contribution is -1.96. The first-order valence-electron chi connectivity index (χ1n) is 11.7.